The fraction of sp³-hybridized carbons (Fsp3) is 0.0870. The van der Waals surface area contributed by atoms with Crippen molar-refractivity contribution < 1.29 is 0 Å². The molecule has 4 nitrogen and oxygen atoms in total. The van der Waals surface area contributed by atoms with E-state index in [2.05, 4.69) is 47.6 Å². The van der Waals surface area contributed by atoms with Gasteiger partial charge in [-0.3, -0.25) is 0 Å². The van der Waals surface area contributed by atoms with Crippen LogP contribution >= 0.6 is 0 Å². The lowest BCUT2D eigenvalue weighted by molar-refractivity contribution is 0.990. The van der Waals surface area contributed by atoms with Crippen LogP contribution in [0.5, 0.6) is 0 Å². The maximum atomic E-state index is 4.79. The van der Waals surface area contributed by atoms with E-state index in [4.69, 9.17) is 4.98 Å². The predicted molar refractivity (Wildman–Crippen MR) is 110 cm³/mol. The van der Waals surface area contributed by atoms with E-state index in [1.54, 1.807) is 0 Å². The van der Waals surface area contributed by atoms with Gasteiger partial charge in [0.1, 0.15) is 11.4 Å². The molecule has 0 saturated heterocycles. The Balaban J connectivity index is 1.79. The molecule has 1 N–H and O–H groups in total. The fourth-order valence-electron chi connectivity index (χ4n) is 3.14. The Labute approximate surface area is 159 Å². The predicted octanol–water partition coefficient (Wildman–Crippen LogP) is 5.57. The summed E-state index contributed by atoms with van der Waals surface area (Å²) in [6, 6.07) is 26.4. The van der Waals surface area contributed by atoms with Crippen molar-refractivity contribution in [3.63, 3.8) is 0 Å². The first-order chi connectivity index (χ1) is 13.2. The molecule has 132 valence electrons. The van der Waals surface area contributed by atoms with Crippen LogP contribution in [-0.4, -0.2) is 15.2 Å². The Morgan fingerprint density at radius 3 is 1.78 bits per heavy atom. The van der Waals surface area contributed by atoms with Gasteiger partial charge < -0.3 is 5.32 Å². The van der Waals surface area contributed by atoms with Gasteiger partial charge in [-0.2, -0.15) is 0 Å². The summed E-state index contributed by atoms with van der Waals surface area (Å²) in [5.74, 6) is 0.485. The molecule has 4 aromatic rings. The van der Waals surface area contributed by atoms with Gasteiger partial charge in [-0.1, -0.05) is 66.7 Å². The van der Waals surface area contributed by atoms with Crippen molar-refractivity contribution in [2.45, 2.75) is 13.8 Å². The lowest BCUT2D eigenvalue weighted by Crippen LogP contribution is -2.03. The lowest BCUT2D eigenvalue weighted by atomic mass is 10.0. The van der Waals surface area contributed by atoms with Crippen molar-refractivity contribution in [1.29, 1.82) is 0 Å². The zero-order chi connectivity index (χ0) is 18.6. The average Bonchev–Trinajstić information content (AvgIpc) is 2.68. The summed E-state index contributed by atoms with van der Waals surface area (Å²) in [7, 11) is 0. The Bertz CT molecular complexity index is 1040. The van der Waals surface area contributed by atoms with Gasteiger partial charge in [0, 0.05) is 16.8 Å². The molecule has 3 aromatic carbocycles. The standard InChI is InChI=1S/C23H20N4/c1-16-13-17(2)15-20(14-16)24-23-25-21(18-9-5-3-6-10-18)22(26-27-23)19-11-7-4-8-12-19/h3-15H,1-2H3,(H,24,25,27). The highest BCUT2D eigenvalue weighted by Crippen LogP contribution is 2.29. The molecule has 4 rings (SSSR count). The topological polar surface area (TPSA) is 50.7 Å². The van der Waals surface area contributed by atoms with Gasteiger partial charge in [0.15, 0.2) is 0 Å². The molecular formula is C23H20N4. The van der Waals surface area contributed by atoms with Crippen LogP contribution in [0, 0.1) is 13.8 Å². The van der Waals surface area contributed by atoms with E-state index in [0.29, 0.717) is 5.95 Å². The van der Waals surface area contributed by atoms with Crippen LogP contribution in [0.4, 0.5) is 11.6 Å². The van der Waals surface area contributed by atoms with Gasteiger partial charge in [-0.05, 0) is 37.1 Å². The Morgan fingerprint density at radius 1 is 0.630 bits per heavy atom. The number of anilines is 2. The minimum absolute atomic E-state index is 0.485. The molecule has 1 aromatic heterocycles. The average molecular weight is 352 g/mol. The SMILES string of the molecule is Cc1cc(C)cc(Nc2nnc(-c3ccccc3)c(-c3ccccc3)n2)c1. The minimum atomic E-state index is 0.485. The Kier molecular flexibility index (Phi) is 4.62. The summed E-state index contributed by atoms with van der Waals surface area (Å²) < 4.78 is 0. The summed E-state index contributed by atoms with van der Waals surface area (Å²) >= 11 is 0. The molecular weight excluding hydrogens is 332 g/mol. The summed E-state index contributed by atoms with van der Waals surface area (Å²) in [4.78, 5) is 4.79. The third kappa shape index (κ3) is 3.85. The number of aromatic nitrogens is 3. The highest BCUT2D eigenvalue weighted by Gasteiger charge is 2.13. The van der Waals surface area contributed by atoms with Crippen molar-refractivity contribution in [2.75, 3.05) is 5.32 Å². The molecule has 0 atom stereocenters. The van der Waals surface area contributed by atoms with Gasteiger partial charge in [-0.15, -0.1) is 10.2 Å². The van der Waals surface area contributed by atoms with Crippen molar-refractivity contribution in [2.24, 2.45) is 0 Å². The van der Waals surface area contributed by atoms with Crippen LogP contribution < -0.4 is 5.32 Å². The van der Waals surface area contributed by atoms with E-state index in [-0.39, 0.29) is 0 Å². The van der Waals surface area contributed by atoms with E-state index in [1.165, 1.54) is 11.1 Å². The summed E-state index contributed by atoms with van der Waals surface area (Å²) in [5, 5.41) is 12.1. The third-order valence-electron chi connectivity index (χ3n) is 4.26. The smallest absolute Gasteiger partial charge is 0.247 e. The molecule has 27 heavy (non-hydrogen) atoms. The lowest BCUT2D eigenvalue weighted by Gasteiger charge is -2.11. The van der Waals surface area contributed by atoms with Crippen LogP contribution in [-0.2, 0) is 0 Å². The first kappa shape index (κ1) is 16.9. The first-order valence-electron chi connectivity index (χ1n) is 8.90. The van der Waals surface area contributed by atoms with Crippen molar-refractivity contribution in [1.82, 2.24) is 15.2 Å². The zero-order valence-corrected chi connectivity index (χ0v) is 15.3. The maximum Gasteiger partial charge on any atom is 0.247 e. The Hall–Kier alpha value is -3.53. The molecule has 0 aliphatic rings. The summed E-state index contributed by atoms with van der Waals surface area (Å²) in [6.45, 7) is 4.15. The van der Waals surface area contributed by atoms with Gasteiger partial charge in [0.25, 0.3) is 0 Å². The summed E-state index contributed by atoms with van der Waals surface area (Å²) in [6.07, 6.45) is 0. The number of aryl methyl sites for hydroxylation is 2. The highest BCUT2D eigenvalue weighted by molar-refractivity contribution is 5.78. The number of benzene rings is 3. The zero-order valence-electron chi connectivity index (χ0n) is 15.3. The minimum Gasteiger partial charge on any atom is -0.323 e. The van der Waals surface area contributed by atoms with E-state index >= 15 is 0 Å². The highest BCUT2D eigenvalue weighted by atomic mass is 15.2. The number of hydrogen-bond donors (Lipinski definition) is 1. The Morgan fingerprint density at radius 2 is 1.19 bits per heavy atom. The van der Waals surface area contributed by atoms with Crippen LogP contribution in [0.2, 0.25) is 0 Å². The molecule has 1 heterocycles. The number of rotatable bonds is 4. The van der Waals surface area contributed by atoms with Crippen LogP contribution in [0.1, 0.15) is 11.1 Å². The maximum absolute atomic E-state index is 4.79. The molecule has 4 heteroatoms. The summed E-state index contributed by atoms with van der Waals surface area (Å²) in [5.41, 5.74) is 6.92. The van der Waals surface area contributed by atoms with Crippen molar-refractivity contribution in [3.05, 3.63) is 90.0 Å². The van der Waals surface area contributed by atoms with Crippen LogP contribution in [0.3, 0.4) is 0 Å². The second kappa shape index (κ2) is 7.38. The second-order valence-electron chi connectivity index (χ2n) is 6.57. The normalized spacial score (nSPS) is 10.6. The largest absolute Gasteiger partial charge is 0.323 e. The van der Waals surface area contributed by atoms with Gasteiger partial charge in [-0.25, -0.2) is 4.98 Å². The van der Waals surface area contributed by atoms with E-state index in [9.17, 15) is 0 Å². The van der Waals surface area contributed by atoms with Crippen LogP contribution in [0.25, 0.3) is 22.5 Å². The number of hydrogen-bond acceptors (Lipinski definition) is 4. The molecule has 0 amide bonds. The molecule has 0 radical (unpaired) electrons. The molecule has 0 aliphatic carbocycles. The molecule has 0 saturated carbocycles. The van der Waals surface area contributed by atoms with Gasteiger partial charge >= 0.3 is 0 Å². The van der Waals surface area contributed by atoms with Crippen molar-refractivity contribution in [3.8, 4) is 22.5 Å². The first-order valence-corrected chi connectivity index (χ1v) is 8.90. The monoisotopic (exact) mass is 352 g/mol. The molecule has 0 bridgehead atoms. The van der Waals surface area contributed by atoms with E-state index < -0.39 is 0 Å². The molecule has 0 fully saturated rings. The van der Waals surface area contributed by atoms with E-state index in [1.807, 2.05) is 60.7 Å². The molecule has 0 aliphatic heterocycles. The fourth-order valence-corrected chi connectivity index (χ4v) is 3.14. The van der Waals surface area contributed by atoms with Crippen LogP contribution in [0.15, 0.2) is 78.9 Å². The third-order valence-corrected chi connectivity index (χ3v) is 4.26. The number of nitrogens with one attached hydrogen (secondary N) is 1. The molecule has 0 unspecified atom stereocenters. The van der Waals surface area contributed by atoms with Gasteiger partial charge in [0.05, 0.1) is 0 Å². The van der Waals surface area contributed by atoms with E-state index in [0.717, 1.165) is 28.2 Å². The number of nitrogens with zero attached hydrogens (tertiary/aromatic N) is 3. The molecule has 0 spiro atoms. The quantitative estimate of drug-likeness (QED) is 0.522. The second-order valence-corrected chi connectivity index (χ2v) is 6.57. The van der Waals surface area contributed by atoms with Crippen molar-refractivity contribution >= 4 is 11.6 Å². The van der Waals surface area contributed by atoms with Gasteiger partial charge in [0.2, 0.25) is 5.95 Å².